The summed E-state index contributed by atoms with van der Waals surface area (Å²) in [5.41, 5.74) is 0. The highest BCUT2D eigenvalue weighted by Gasteiger charge is 2.24. The molecule has 4 heteroatoms. The molecule has 0 aliphatic heterocycles. The predicted octanol–water partition coefficient (Wildman–Crippen LogP) is 3.19. The van der Waals surface area contributed by atoms with E-state index in [9.17, 15) is 9.90 Å². The van der Waals surface area contributed by atoms with Gasteiger partial charge in [0, 0.05) is 10.9 Å². The zero-order valence-electron chi connectivity index (χ0n) is 9.89. The van der Waals surface area contributed by atoms with Gasteiger partial charge in [-0.1, -0.05) is 31.7 Å². The fraction of sp³-hybridized carbons (Fsp3) is 0.615. The maximum Gasteiger partial charge on any atom is 0.326 e. The molecule has 0 amide bonds. The van der Waals surface area contributed by atoms with Crippen molar-refractivity contribution in [2.45, 2.75) is 50.6 Å². The molecule has 0 aromatic carbocycles. The fourth-order valence-electron chi connectivity index (χ4n) is 2.41. The predicted molar refractivity (Wildman–Crippen MR) is 69.3 cm³/mol. The van der Waals surface area contributed by atoms with Crippen molar-refractivity contribution in [1.29, 1.82) is 0 Å². The maximum absolute atomic E-state index is 11.3. The Morgan fingerprint density at radius 1 is 1.35 bits per heavy atom. The van der Waals surface area contributed by atoms with Crippen LogP contribution in [0.15, 0.2) is 17.5 Å². The number of hydrogen-bond acceptors (Lipinski definition) is 3. The summed E-state index contributed by atoms with van der Waals surface area (Å²) >= 11 is 1.51. The first kappa shape index (κ1) is 12.6. The summed E-state index contributed by atoms with van der Waals surface area (Å²) in [5.74, 6) is -0.767. The molecular formula is C13H19NO2S. The monoisotopic (exact) mass is 253 g/mol. The highest BCUT2D eigenvalue weighted by molar-refractivity contribution is 7.10. The van der Waals surface area contributed by atoms with Gasteiger partial charge in [0.05, 0.1) is 0 Å². The second-order valence-electron chi connectivity index (χ2n) is 4.64. The van der Waals surface area contributed by atoms with Crippen molar-refractivity contribution in [3.05, 3.63) is 22.4 Å². The standard InChI is InChI=1S/C13H19NO2S/c15-13(16)12(11-8-5-9-17-11)14-10-6-3-1-2-4-7-10/h5,8-10,12,14H,1-4,6-7H2,(H,15,16). The summed E-state index contributed by atoms with van der Waals surface area (Å²) in [6.45, 7) is 0. The van der Waals surface area contributed by atoms with Gasteiger partial charge in [0.2, 0.25) is 0 Å². The lowest BCUT2D eigenvalue weighted by molar-refractivity contribution is -0.139. The lowest BCUT2D eigenvalue weighted by Gasteiger charge is -2.21. The molecule has 1 saturated carbocycles. The lowest BCUT2D eigenvalue weighted by Crippen LogP contribution is -2.36. The smallest absolute Gasteiger partial charge is 0.326 e. The number of carboxylic acid groups (broad SMARTS) is 1. The van der Waals surface area contributed by atoms with Gasteiger partial charge in [-0.05, 0) is 24.3 Å². The normalized spacial score (nSPS) is 19.8. The Kier molecular flexibility index (Phi) is 4.57. The zero-order chi connectivity index (χ0) is 12.1. The van der Waals surface area contributed by atoms with Crippen LogP contribution in [0.2, 0.25) is 0 Å². The minimum absolute atomic E-state index is 0.362. The Balaban J connectivity index is 2.00. The highest BCUT2D eigenvalue weighted by Crippen LogP contribution is 2.23. The Hall–Kier alpha value is -0.870. The van der Waals surface area contributed by atoms with Crippen LogP contribution in [0.1, 0.15) is 49.4 Å². The van der Waals surface area contributed by atoms with E-state index in [1.807, 2.05) is 17.5 Å². The van der Waals surface area contributed by atoms with Crippen LogP contribution in [0.4, 0.5) is 0 Å². The molecule has 1 fully saturated rings. The number of thiophene rings is 1. The van der Waals surface area contributed by atoms with Gasteiger partial charge in [-0.2, -0.15) is 0 Å². The van der Waals surface area contributed by atoms with Crippen LogP contribution in [0.3, 0.4) is 0 Å². The van der Waals surface area contributed by atoms with Gasteiger partial charge in [-0.25, -0.2) is 0 Å². The van der Waals surface area contributed by atoms with Gasteiger partial charge in [0.1, 0.15) is 6.04 Å². The molecule has 1 aliphatic rings. The number of hydrogen-bond donors (Lipinski definition) is 2. The molecule has 1 aromatic heterocycles. The Bertz CT molecular complexity index is 342. The third-order valence-corrected chi connectivity index (χ3v) is 4.27. The van der Waals surface area contributed by atoms with E-state index in [0.29, 0.717) is 6.04 Å². The largest absolute Gasteiger partial charge is 0.480 e. The van der Waals surface area contributed by atoms with E-state index in [1.54, 1.807) is 0 Å². The van der Waals surface area contributed by atoms with Gasteiger partial charge < -0.3 is 5.11 Å². The number of carbonyl (C=O) groups is 1. The minimum atomic E-state index is -0.767. The van der Waals surface area contributed by atoms with E-state index in [0.717, 1.165) is 17.7 Å². The fourth-order valence-corrected chi connectivity index (χ4v) is 3.19. The zero-order valence-corrected chi connectivity index (χ0v) is 10.7. The number of rotatable bonds is 4. The molecule has 3 nitrogen and oxygen atoms in total. The van der Waals surface area contributed by atoms with Gasteiger partial charge in [-0.3, -0.25) is 10.1 Å². The second-order valence-corrected chi connectivity index (χ2v) is 5.62. The van der Waals surface area contributed by atoms with Crippen molar-refractivity contribution in [1.82, 2.24) is 5.32 Å². The summed E-state index contributed by atoms with van der Waals surface area (Å²) < 4.78 is 0. The molecule has 0 saturated heterocycles. The van der Waals surface area contributed by atoms with E-state index >= 15 is 0 Å². The van der Waals surface area contributed by atoms with Gasteiger partial charge in [0.25, 0.3) is 0 Å². The molecule has 1 aliphatic carbocycles. The van der Waals surface area contributed by atoms with Crippen LogP contribution < -0.4 is 5.32 Å². The van der Waals surface area contributed by atoms with Crippen LogP contribution in [0.25, 0.3) is 0 Å². The van der Waals surface area contributed by atoms with Crippen LogP contribution in [0.5, 0.6) is 0 Å². The molecule has 2 N–H and O–H groups in total. The van der Waals surface area contributed by atoms with Crippen LogP contribution in [-0.4, -0.2) is 17.1 Å². The maximum atomic E-state index is 11.3. The first-order valence-electron chi connectivity index (χ1n) is 6.29. The molecule has 0 radical (unpaired) electrons. The molecular weight excluding hydrogens is 234 g/mol. The molecule has 1 atom stereocenters. The average molecular weight is 253 g/mol. The molecule has 1 unspecified atom stereocenters. The lowest BCUT2D eigenvalue weighted by atomic mass is 10.1. The molecule has 1 aromatic rings. The molecule has 94 valence electrons. The number of aliphatic carboxylic acids is 1. The van der Waals surface area contributed by atoms with Crippen molar-refractivity contribution >= 4 is 17.3 Å². The Labute approximate surface area is 106 Å². The van der Waals surface area contributed by atoms with E-state index in [4.69, 9.17) is 0 Å². The van der Waals surface area contributed by atoms with Gasteiger partial charge in [0.15, 0.2) is 0 Å². The Morgan fingerprint density at radius 2 is 2.06 bits per heavy atom. The first-order valence-corrected chi connectivity index (χ1v) is 7.17. The van der Waals surface area contributed by atoms with Crippen molar-refractivity contribution < 1.29 is 9.90 Å². The molecule has 0 bridgehead atoms. The van der Waals surface area contributed by atoms with Crippen molar-refractivity contribution in [3.63, 3.8) is 0 Å². The topological polar surface area (TPSA) is 49.3 Å². The van der Waals surface area contributed by atoms with E-state index < -0.39 is 12.0 Å². The SMILES string of the molecule is O=C(O)C(NC1CCCCCC1)c1cccs1. The van der Waals surface area contributed by atoms with E-state index in [2.05, 4.69) is 5.32 Å². The van der Waals surface area contributed by atoms with Crippen LogP contribution in [-0.2, 0) is 4.79 Å². The van der Waals surface area contributed by atoms with Gasteiger partial charge in [-0.15, -0.1) is 11.3 Å². The van der Waals surface area contributed by atoms with Crippen molar-refractivity contribution in [2.24, 2.45) is 0 Å². The summed E-state index contributed by atoms with van der Waals surface area (Å²) in [7, 11) is 0. The summed E-state index contributed by atoms with van der Waals surface area (Å²) in [6, 6.07) is 3.64. The molecule has 0 spiro atoms. The Morgan fingerprint density at radius 3 is 2.59 bits per heavy atom. The van der Waals surface area contributed by atoms with Crippen molar-refractivity contribution in [3.8, 4) is 0 Å². The first-order chi connectivity index (χ1) is 8.27. The van der Waals surface area contributed by atoms with Crippen LogP contribution >= 0.6 is 11.3 Å². The number of carboxylic acids is 1. The van der Waals surface area contributed by atoms with Crippen LogP contribution in [0, 0.1) is 0 Å². The van der Waals surface area contributed by atoms with Crippen molar-refractivity contribution in [2.75, 3.05) is 0 Å². The number of nitrogens with one attached hydrogen (secondary N) is 1. The van der Waals surface area contributed by atoms with E-state index in [-0.39, 0.29) is 0 Å². The average Bonchev–Trinajstić information content (AvgIpc) is 2.70. The molecule has 2 rings (SSSR count). The van der Waals surface area contributed by atoms with E-state index in [1.165, 1.54) is 37.0 Å². The molecule has 1 heterocycles. The summed E-state index contributed by atoms with van der Waals surface area (Å²) in [5, 5.41) is 14.5. The molecule has 17 heavy (non-hydrogen) atoms. The summed E-state index contributed by atoms with van der Waals surface area (Å²) in [6.07, 6.45) is 7.22. The second kappa shape index (κ2) is 6.17. The minimum Gasteiger partial charge on any atom is -0.480 e. The third kappa shape index (κ3) is 3.54. The third-order valence-electron chi connectivity index (χ3n) is 3.33. The van der Waals surface area contributed by atoms with Gasteiger partial charge >= 0.3 is 5.97 Å². The summed E-state index contributed by atoms with van der Waals surface area (Å²) in [4.78, 5) is 12.2. The highest BCUT2D eigenvalue weighted by atomic mass is 32.1. The quantitative estimate of drug-likeness (QED) is 0.810.